The molecular formula is C18H17BrO2. The molecule has 1 aromatic rings. The third-order valence-electron chi connectivity index (χ3n) is 3.85. The molecule has 108 valence electrons. The third-order valence-corrected chi connectivity index (χ3v) is 4.38. The summed E-state index contributed by atoms with van der Waals surface area (Å²) in [6.45, 7) is 4.37. The van der Waals surface area contributed by atoms with Crippen molar-refractivity contribution in [1.29, 1.82) is 0 Å². The van der Waals surface area contributed by atoms with E-state index in [1.807, 2.05) is 30.3 Å². The monoisotopic (exact) mass is 344 g/mol. The molecule has 3 rings (SSSR count). The smallest absolute Gasteiger partial charge is 0.339 e. The molecule has 21 heavy (non-hydrogen) atoms. The Hall–Kier alpha value is -1.61. The van der Waals surface area contributed by atoms with E-state index in [1.54, 1.807) is 0 Å². The van der Waals surface area contributed by atoms with Crippen LogP contribution >= 0.6 is 15.9 Å². The number of carbonyl (C=O) groups is 1. The first kappa shape index (κ1) is 14.3. The minimum atomic E-state index is -0.310. The lowest BCUT2D eigenvalue weighted by Crippen LogP contribution is -2.07. The fourth-order valence-electron chi connectivity index (χ4n) is 2.58. The van der Waals surface area contributed by atoms with Gasteiger partial charge in [-0.2, -0.15) is 0 Å². The predicted molar refractivity (Wildman–Crippen MR) is 86.7 cm³/mol. The number of cyclic esters (lactones) is 1. The maximum absolute atomic E-state index is 12.1. The van der Waals surface area contributed by atoms with Gasteiger partial charge in [0.2, 0.25) is 0 Å². The van der Waals surface area contributed by atoms with Crippen LogP contribution in [0.2, 0.25) is 0 Å². The van der Waals surface area contributed by atoms with Crippen LogP contribution in [-0.4, -0.2) is 5.97 Å². The number of halogens is 1. The largest absolute Gasteiger partial charge is 0.449 e. The summed E-state index contributed by atoms with van der Waals surface area (Å²) in [4.78, 5) is 12.1. The van der Waals surface area contributed by atoms with Crippen molar-refractivity contribution in [1.82, 2.24) is 0 Å². The van der Waals surface area contributed by atoms with Gasteiger partial charge in [-0.05, 0) is 29.5 Å². The summed E-state index contributed by atoms with van der Waals surface area (Å²) in [6.07, 6.45) is 8.79. The van der Waals surface area contributed by atoms with E-state index in [1.165, 1.54) is 0 Å². The van der Waals surface area contributed by atoms with Crippen LogP contribution in [0, 0.1) is 5.41 Å². The molecule has 0 N–H and O–H groups in total. The average Bonchev–Trinajstić information content (AvgIpc) is 2.72. The highest BCUT2D eigenvalue weighted by atomic mass is 79.9. The van der Waals surface area contributed by atoms with Crippen molar-refractivity contribution >= 4 is 21.9 Å². The number of hydrogen-bond acceptors (Lipinski definition) is 2. The second-order valence-electron chi connectivity index (χ2n) is 6.13. The van der Waals surface area contributed by atoms with Crippen molar-refractivity contribution in [3.63, 3.8) is 0 Å². The number of allylic oxidation sites excluding steroid dienone is 2. The summed E-state index contributed by atoms with van der Waals surface area (Å²) >= 11 is 3.43. The molecule has 0 bridgehead atoms. The van der Waals surface area contributed by atoms with Crippen LogP contribution in [0.3, 0.4) is 0 Å². The third kappa shape index (κ3) is 2.88. The molecule has 1 aromatic carbocycles. The van der Waals surface area contributed by atoms with Gasteiger partial charge in [-0.3, -0.25) is 0 Å². The minimum Gasteiger partial charge on any atom is -0.449 e. The van der Waals surface area contributed by atoms with E-state index in [0.717, 1.165) is 22.0 Å². The number of ether oxygens (including phenoxy) is 1. The number of carbonyl (C=O) groups excluding carboxylic acids is 1. The lowest BCUT2D eigenvalue weighted by Gasteiger charge is -2.20. The standard InChI is InChI=1S/C18H17BrO2/c1-18(2)10-3-4-15-14(9-11-18)16(21-17(15)20)12-5-7-13(19)8-6-12/h3-9,11,16H,10H2,1-2H3/b4-3-,11-9-. The first-order valence-corrected chi connectivity index (χ1v) is 7.82. The summed E-state index contributed by atoms with van der Waals surface area (Å²) in [5.74, 6) is -0.237. The highest BCUT2D eigenvalue weighted by Gasteiger charge is 2.33. The van der Waals surface area contributed by atoms with E-state index in [4.69, 9.17) is 4.74 Å². The molecule has 0 aromatic heterocycles. The Kier molecular flexibility index (Phi) is 3.62. The van der Waals surface area contributed by atoms with Gasteiger partial charge in [0.05, 0.1) is 5.57 Å². The minimum absolute atomic E-state index is 0.0882. The highest BCUT2D eigenvalue weighted by molar-refractivity contribution is 9.10. The molecule has 0 amide bonds. The summed E-state index contributed by atoms with van der Waals surface area (Å²) < 4.78 is 6.60. The van der Waals surface area contributed by atoms with E-state index in [2.05, 4.69) is 48.0 Å². The van der Waals surface area contributed by atoms with E-state index in [-0.39, 0.29) is 17.5 Å². The van der Waals surface area contributed by atoms with Crippen molar-refractivity contribution in [2.24, 2.45) is 5.41 Å². The van der Waals surface area contributed by atoms with Crippen LogP contribution < -0.4 is 0 Å². The van der Waals surface area contributed by atoms with Crippen molar-refractivity contribution in [3.05, 3.63) is 69.8 Å². The van der Waals surface area contributed by atoms with Crippen molar-refractivity contribution in [2.75, 3.05) is 0 Å². The van der Waals surface area contributed by atoms with E-state index < -0.39 is 0 Å². The van der Waals surface area contributed by atoms with Gasteiger partial charge >= 0.3 is 5.97 Å². The van der Waals surface area contributed by atoms with Gasteiger partial charge in [0, 0.05) is 10.0 Å². The Bertz CT molecular complexity index is 663. The molecule has 1 heterocycles. The molecule has 2 aliphatic rings. The molecule has 1 aliphatic heterocycles. The van der Waals surface area contributed by atoms with Gasteiger partial charge in [-0.15, -0.1) is 0 Å². The van der Waals surface area contributed by atoms with Crippen molar-refractivity contribution in [2.45, 2.75) is 26.4 Å². The summed E-state index contributed by atoms with van der Waals surface area (Å²) in [6, 6.07) is 7.90. The van der Waals surface area contributed by atoms with Gasteiger partial charge in [0.1, 0.15) is 0 Å². The van der Waals surface area contributed by atoms with Crippen LogP contribution in [0.15, 0.2) is 64.2 Å². The van der Waals surface area contributed by atoms with Gasteiger partial charge in [0.25, 0.3) is 0 Å². The SMILES string of the molecule is CC1(C)/C=C\C2=C(/C=C\C1)C(=O)OC2c1ccc(Br)cc1. The number of rotatable bonds is 1. The molecule has 3 heteroatoms. The molecule has 0 fully saturated rings. The van der Waals surface area contributed by atoms with Gasteiger partial charge in [-0.25, -0.2) is 4.79 Å². The zero-order valence-electron chi connectivity index (χ0n) is 12.1. The van der Waals surface area contributed by atoms with E-state index in [0.29, 0.717) is 5.57 Å². The van der Waals surface area contributed by atoms with Crippen LogP contribution in [0.25, 0.3) is 0 Å². The van der Waals surface area contributed by atoms with Gasteiger partial charge < -0.3 is 4.74 Å². The predicted octanol–water partition coefficient (Wildman–Crippen LogP) is 4.89. The first-order chi connectivity index (χ1) is 9.96. The van der Waals surface area contributed by atoms with Crippen molar-refractivity contribution in [3.8, 4) is 0 Å². The second-order valence-corrected chi connectivity index (χ2v) is 7.05. The van der Waals surface area contributed by atoms with Crippen LogP contribution in [-0.2, 0) is 9.53 Å². The van der Waals surface area contributed by atoms with Gasteiger partial charge in [-0.1, -0.05) is 66.2 Å². The topological polar surface area (TPSA) is 26.3 Å². The van der Waals surface area contributed by atoms with Crippen LogP contribution in [0.4, 0.5) is 0 Å². The van der Waals surface area contributed by atoms with E-state index >= 15 is 0 Å². The molecule has 1 aliphatic carbocycles. The molecule has 1 unspecified atom stereocenters. The molecule has 0 saturated heterocycles. The van der Waals surface area contributed by atoms with Crippen molar-refractivity contribution < 1.29 is 9.53 Å². The highest BCUT2D eigenvalue weighted by Crippen LogP contribution is 2.39. The maximum atomic E-state index is 12.1. The number of hydrogen-bond donors (Lipinski definition) is 0. The number of benzene rings is 1. The Labute approximate surface area is 133 Å². The Morgan fingerprint density at radius 1 is 1.19 bits per heavy atom. The lowest BCUT2D eigenvalue weighted by atomic mass is 9.85. The summed E-state index contributed by atoms with van der Waals surface area (Å²) in [5, 5.41) is 0. The molecule has 0 radical (unpaired) electrons. The Morgan fingerprint density at radius 3 is 2.62 bits per heavy atom. The molecule has 2 nitrogen and oxygen atoms in total. The van der Waals surface area contributed by atoms with E-state index in [9.17, 15) is 4.79 Å². The Balaban J connectivity index is 2.04. The van der Waals surface area contributed by atoms with Crippen LogP contribution in [0.5, 0.6) is 0 Å². The molecular weight excluding hydrogens is 328 g/mol. The van der Waals surface area contributed by atoms with Gasteiger partial charge in [0.15, 0.2) is 6.10 Å². The van der Waals surface area contributed by atoms with Crippen LogP contribution in [0.1, 0.15) is 31.9 Å². The Morgan fingerprint density at radius 2 is 1.90 bits per heavy atom. The fraction of sp³-hybridized carbons (Fsp3) is 0.278. The average molecular weight is 345 g/mol. The fourth-order valence-corrected chi connectivity index (χ4v) is 2.85. The zero-order chi connectivity index (χ0) is 15.0. The quantitative estimate of drug-likeness (QED) is 0.678. The normalized spacial score (nSPS) is 26.6. The number of esters is 1. The molecule has 1 atom stereocenters. The molecule has 0 spiro atoms. The first-order valence-electron chi connectivity index (χ1n) is 7.03. The summed E-state index contributed by atoms with van der Waals surface area (Å²) in [5.41, 5.74) is 2.71. The molecule has 0 saturated carbocycles. The second kappa shape index (κ2) is 5.30. The zero-order valence-corrected chi connectivity index (χ0v) is 13.7. The maximum Gasteiger partial charge on any atom is 0.339 e. The lowest BCUT2D eigenvalue weighted by molar-refractivity contribution is -0.139. The summed E-state index contributed by atoms with van der Waals surface area (Å²) in [7, 11) is 0.